The fraction of sp³-hybridized carbons (Fsp3) is 0.286. The molecule has 0 heterocycles. The highest BCUT2D eigenvalue weighted by Gasteiger charge is 2.31. The molecule has 0 amide bonds. The van der Waals surface area contributed by atoms with Crippen LogP contribution >= 0.6 is 11.6 Å². The smallest absolute Gasteiger partial charge is 0.416 e. The van der Waals surface area contributed by atoms with Crippen molar-refractivity contribution < 1.29 is 32.4 Å². The van der Waals surface area contributed by atoms with Crippen molar-refractivity contribution in [2.75, 3.05) is 14.2 Å². The Morgan fingerprint density at radius 1 is 1.10 bits per heavy atom. The van der Waals surface area contributed by atoms with Gasteiger partial charge in [-0.1, -0.05) is 40.1 Å². The molecule has 6 nitrogen and oxygen atoms in total. The number of aryl methyl sites for hydroxylation is 1. The highest BCUT2D eigenvalue weighted by atomic mass is 35.5. The number of carbonyl (C=O) groups excluding carboxylic acids is 1. The molecule has 0 spiro atoms. The topological polar surface area (TPSA) is 69.5 Å². The Labute approximate surface area is 182 Å². The molecular formula is C21H20ClF3N2O4. The Bertz CT molecular complexity index is 1020. The lowest BCUT2D eigenvalue weighted by atomic mass is 9.99. The minimum Gasteiger partial charge on any atom is -0.464 e. The van der Waals surface area contributed by atoms with E-state index in [1.807, 2.05) is 0 Å². The van der Waals surface area contributed by atoms with Gasteiger partial charge in [0, 0.05) is 21.7 Å². The number of carbonyl (C=O) groups is 1. The van der Waals surface area contributed by atoms with E-state index in [-0.39, 0.29) is 28.6 Å². The Morgan fingerprint density at radius 3 is 2.42 bits per heavy atom. The van der Waals surface area contributed by atoms with Crippen molar-refractivity contribution in [1.29, 1.82) is 0 Å². The van der Waals surface area contributed by atoms with Crippen molar-refractivity contribution in [3.63, 3.8) is 0 Å². The molecule has 31 heavy (non-hydrogen) atoms. The second kappa shape index (κ2) is 10.3. The van der Waals surface area contributed by atoms with Crippen molar-refractivity contribution in [3.05, 3.63) is 69.2 Å². The van der Waals surface area contributed by atoms with E-state index in [2.05, 4.69) is 10.3 Å². The van der Waals surface area contributed by atoms with Crippen LogP contribution in [-0.2, 0) is 32.0 Å². The maximum atomic E-state index is 13.0. The van der Waals surface area contributed by atoms with Gasteiger partial charge in [0.2, 0.25) is 0 Å². The quantitative estimate of drug-likeness (QED) is 0.329. The van der Waals surface area contributed by atoms with Crippen molar-refractivity contribution in [2.24, 2.45) is 10.3 Å². The van der Waals surface area contributed by atoms with Crippen LogP contribution in [0.4, 0.5) is 13.2 Å². The second-order valence-corrected chi connectivity index (χ2v) is 6.76. The van der Waals surface area contributed by atoms with Gasteiger partial charge < -0.3 is 14.4 Å². The zero-order valence-electron chi connectivity index (χ0n) is 17.2. The minimum absolute atomic E-state index is 0.0612. The molecule has 0 atom stereocenters. The van der Waals surface area contributed by atoms with Crippen LogP contribution in [-0.4, -0.2) is 31.6 Å². The van der Waals surface area contributed by atoms with E-state index >= 15 is 0 Å². The van der Waals surface area contributed by atoms with Gasteiger partial charge in [-0.15, -0.1) is 0 Å². The van der Waals surface area contributed by atoms with Crippen LogP contribution < -0.4 is 0 Å². The van der Waals surface area contributed by atoms with E-state index in [4.69, 9.17) is 26.0 Å². The molecule has 0 aliphatic carbocycles. The number of halogens is 4. The van der Waals surface area contributed by atoms with Crippen LogP contribution in [0.5, 0.6) is 0 Å². The van der Waals surface area contributed by atoms with Crippen LogP contribution in [0.2, 0.25) is 5.02 Å². The average Bonchev–Trinajstić information content (AvgIpc) is 2.72. The third-order valence-corrected chi connectivity index (χ3v) is 4.65. The summed E-state index contributed by atoms with van der Waals surface area (Å²) in [5.41, 5.74) is 1.11. The summed E-state index contributed by atoms with van der Waals surface area (Å²) in [5, 5.41) is 7.74. The number of hydrogen-bond donors (Lipinski definition) is 0. The number of oxime groups is 2. The molecule has 0 fully saturated rings. The van der Waals surface area contributed by atoms with Crippen molar-refractivity contribution in [3.8, 4) is 0 Å². The molecule has 0 saturated carbocycles. The first-order chi connectivity index (χ1) is 14.6. The van der Waals surface area contributed by atoms with E-state index in [0.29, 0.717) is 11.1 Å². The highest BCUT2D eigenvalue weighted by molar-refractivity contribution is 6.43. The molecule has 0 radical (unpaired) electrons. The van der Waals surface area contributed by atoms with Crippen LogP contribution in [0.15, 0.2) is 46.7 Å². The Balaban J connectivity index is 2.33. The predicted octanol–water partition coefficient (Wildman–Crippen LogP) is 5.13. The number of methoxy groups -OCH3 is 1. The summed E-state index contributed by atoms with van der Waals surface area (Å²) in [7, 11) is 2.51. The molecule has 0 aromatic heterocycles. The predicted molar refractivity (Wildman–Crippen MR) is 110 cm³/mol. The number of rotatable bonds is 7. The fourth-order valence-electron chi connectivity index (χ4n) is 2.72. The molecule has 0 aliphatic rings. The monoisotopic (exact) mass is 456 g/mol. The van der Waals surface area contributed by atoms with Crippen LogP contribution in [0.1, 0.15) is 34.7 Å². The molecular weight excluding hydrogens is 437 g/mol. The second-order valence-electron chi connectivity index (χ2n) is 6.36. The molecule has 0 bridgehead atoms. The Morgan fingerprint density at radius 2 is 1.81 bits per heavy atom. The Kier molecular flexibility index (Phi) is 8.04. The lowest BCUT2D eigenvalue weighted by Gasteiger charge is -2.13. The SMILES string of the molecule is CO/N=C(/C(=O)OC)c1cccc(C)c1CO/N=C(\C)c1cc(C(F)(F)F)ccc1Cl. The number of hydrogen-bond acceptors (Lipinski definition) is 6. The normalized spacial score (nSPS) is 12.5. The van der Waals surface area contributed by atoms with E-state index in [0.717, 1.165) is 23.8 Å². The minimum atomic E-state index is -4.51. The van der Waals surface area contributed by atoms with Crippen molar-refractivity contribution in [2.45, 2.75) is 26.6 Å². The van der Waals surface area contributed by atoms with Gasteiger partial charge in [-0.05, 0) is 37.6 Å². The van der Waals surface area contributed by atoms with Gasteiger partial charge in [-0.2, -0.15) is 13.2 Å². The van der Waals surface area contributed by atoms with Crippen LogP contribution in [0.3, 0.4) is 0 Å². The molecule has 2 aromatic carbocycles. The van der Waals surface area contributed by atoms with Crippen LogP contribution in [0, 0.1) is 6.92 Å². The van der Waals surface area contributed by atoms with E-state index in [1.165, 1.54) is 21.1 Å². The van der Waals surface area contributed by atoms with Crippen LogP contribution in [0.25, 0.3) is 0 Å². The fourth-order valence-corrected chi connectivity index (χ4v) is 2.98. The molecule has 2 aromatic rings. The van der Waals surface area contributed by atoms with Gasteiger partial charge in [-0.3, -0.25) is 0 Å². The maximum Gasteiger partial charge on any atom is 0.416 e. The number of nitrogens with zero attached hydrogens (tertiary/aromatic N) is 2. The van der Waals surface area contributed by atoms with Crippen molar-refractivity contribution >= 4 is 29.0 Å². The van der Waals surface area contributed by atoms with E-state index < -0.39 is 17.7 Å². The summed E-state index contributed by atoms with van der Waals surface area (Å²) in [6.45, 7) is 3.19. The van der Waals surface area contributed by atoms with Gasteiger partial charge >= 0.3 is 12.1 Å². The standard InChI is InChI=1S/C21H20ClF3N2O4/c1-12-6-5-7-15(19(27-30-4)20(28)29-3)17(12)11-31-26-13(2)16-10-14(21(23,24)25)8-9-18(16)22/h5-10H,11H2,1-4H3/b26-13+,27-19+. The summed E-state index contributed by atoms with van der Waals surface area (Å²) < 4.78 is 43.7. The van der Waals surface area contributed by atoms with Gasteiger partial charge in [0.05, 0.1) is 18.4 Å². The van der Waals surface area contributed by atoms with Gasteiger partial charge in [0.15, 0.2) is 5.71 Å². The molecule has 10 heteroatoms. The molecule has 166 valence electrons. The first-order valence-electron chi connectivity index (χ1n) is 8.92. The first kappa shape index (κ1) is 24.2. The third-order valence-electron chi connectivity index (χ3n) is 4.32. The summed E-state index contributed by atoms with van der Waals surface area (Å²) in [5.74, 6) is -0.705. The summed E-state index contributed by atoms with van der Waals surface area (Å²) in [6.07, 6.45) is -4.51. The number of benzene rings is 2. The molecule has 2 rings (SSSR count). The number of ether oxygens (including phenoxy) is 1. The Hall–Kier alpha value is -3.07. The van der Waals surface area contributed by atoms with Gasteiger partial charge in [-0.25, -0.2) is 4.79 Å². The van der Waals surface area contributed by atoms with Crippen molar-refractivity contribution in [1.82, 2.24) is 0 Å². The molecule has 0 aliphatic heterocycles. The largest absolute Gasteiger partial charge is 0.464 e. The molecule has 0 saturated heterocycles. The maximum absolute atomic E-state index is 13.0. The summed E-state index contributed by atoms with van der Waals surface area (Å²) >= 11 is 6.03. The van der Waals surface area contributed by atoms with E-state index in [9.17, 15) is 18.0 Å². The highest BCUT2D eigenvalue weighted by Crippen LogP contribution is 2.32. The number of alkyl halides is 3. The zero-order valence-corrected chi connectivity index (χ0v) is 18.0. The molecule has 0 N–H and O–H groups in total. The number of esters is 1. The van der Waals surface area contributed by atoms with E-state index in [1.54, 1.807) is 25.1 Å². The molecule has 0 unspecified atom stereocenters. The summed E-state index contributed by atoms with van der Waals surface area (Å²) in [4.78, 5) is 22.2. The summed E-state index contributed by atoms with van der Waals surface area (Å²) in [6, 6.07) is 8.11. The average molecular weight is 457 g/mol. The zero-order chi connectivity index (χ0) is 23.2. The lowest BCUT2D eigenvalue weighted by Crippen LogP contribution is -2.20. The lowest BCUT2D eigenvalue weighted by molar-refractivity contribution is -0.137. The van der Waals surface area contributed by atoms with Gasteiger partial charge in [0.25, 0.3) is 0 Å². The van der Waals surface area contributed by atoms with Gasteiger partial charge in [0.1, 0.15) is 13.7 Å². The third kappa shape index (κ3) is 5.97. The first-order valence-corrected chi connectivity index (χ1v) is 9.30.